The van der Waals surface area contributed by atoms with Gasteiger partial charge in [0.2, 0.25) is 0 Å². The van der Waals surface area contributed by atoms with E-state index in [4.69, 9.17) is 4.74 Å². The molecule has 0 saturated carbocycles. The van der Waals surface area contributed by atoms with Gasteiger partial charge in [-0.25, -0.2) is 0 Å². The Bertz CT molecular complexity index is 343. The first-order chi connectivity index (χ1) is 7.26. The first-order valence-electron chi connectivity index (χ1n) is 4.47. The van der Waals surface area contributed by atoms with Crippen molar-refractivity contribution in [2.24, 2.45) is 4.99 Å². The van der Waals surface area contributed by atoms with Crippen LogP contribution >= 0.6 is 0 Å². The molecule has 4 nitrogen and oxygen atoms in total. The highest BCUT2D eigenvalue weighted by Crippen LogP contribution is 2.09. The summed E-state index contributed by atoms with van der Waals surface area (Å²) in [5, 5.41) is 0. The summed E-state index contributed by atoms with van der Waals surface area (Å²) in [6.45, 7) is 0.0442. The van der Waals surface area contributed by atoms with E-state index in [-0.39, 0.29) is 12.5 Å². The van der Waals surface area contributed by atoms with E-state index in [1.807, 2.05) is 24.3 Å². The number of carbonyl (C=O) groups is 1. The number of carbonyl (C=O) groups excluding carboxylic acids is 1. The van der Waals surface area contributed by atoms with Gasteiger partial charge in [0.1, 0.15) is 12.3 Å². The minimum Gasteiger partial charge on any atom is -0.497 e. The third-order valence-electron chi connectivity index (χ3n) is 1.80. The van der Waals surface area contributed by atoms with Crippen molar-refractivity contribution in [1.82, 2.24) is 0 Å². The van der Waals surface area contributed by atoms with Crippen LogP contribution in [-0.4, -0.2) is 32.9 Å². The molecule has 0 bridgehead atoms. The number of esters is 1. The van der Waals surface area contributed by atoms with Gasteiger partial charge in [-0.05, 0) is 29.8 Å². The van der Waals surface area contributed by atoms with Crippen molar-refractivity contribution in [3.8, 4) is 5.75 Å². The zero-order valence-electron chi connectivity index (χ0n) is 8.77. The minimum absolute atomic E-state index is 0.0442. The Balaban J connectivity index is 2.53. The second kappa shape index (κ2) is 5.80. The SMILES string of the molecule is COC(=O)C/N=C\c1ccc(OC)cc1. The van der Waals surface area contributed by atoms with Gasteiger partial charge in [0.15, 0.2) is 0 Å². The molecule has 0 radical (unpaired) electrons. The molecule has 0 heterocycles. The van der Waals surface area contributed by atoms with Crippen molar-refractivity contribution in [1.29, 1.82) is 0 Å². The number of nitrogens with zero attached hydrogens (tertiary/aromatic N) is 1. The fraction of sp³-hybridized carbons (Fsp3) is 0.273. The first kappa shape index (κ1) is 11.2. The van der Waals surface area contributed by atoms with Crippen molar-refractivity contribution in [2.75, 3.05) is 20.8 Å². The summed E-state index contributed by atoms with van der Waals surface area (Å²) in [6.07, 6.45) is 1.62. The molecule has 0 aliphatic rings. The molecule has 15 heavy (non-hydrogen) atoms. The van der Waals surface area contributed by atoms with E-state index in [1.54, 1.807) is 13.3 Å². The Morgan fingerprint density at radius 1 is 1.33 bits per heavy atom. The third kappa shape index (κ3) is 3.81. The molecule has 1 aromatic carbocycles. The van der Waals surface area contributed by atoms with Crippen molar-refractivity contribution in [3.05, 3.63) is 29.8 Å². The Morgan fingerprint density at radius 3 is 2.53 bits per heavy atom. The van der Waals surface area contributed by atoms with E-state index in [1.165, 1.54) is 7.11 Å². The van der Waals surface area contributed by atoms with Crippen molar-refractivity contribution in [2.45, 2.75) is 0 Å². The molecule has 0 spiro atoms. The molecule has 0 unspecified atom stereocenters. The summed E-state index contributed by atoms with van der Waals surface area (Å²) in [7, 11) is 2.95. The van der Waals surface area contributed by atoms with Crippen molar-refractivity contribution >= 4 is 12.2 Å². The zero-order chi connectivity index (χ0) is 11.1. The van der Waals surface area contributed by atoms with Crippen molar-refractivity contribution < 1.29 is 14.3 Å². The normalized spacial score (nSPS) is 10.3. The predicted octanol–water partition coefficient (Wildman–Crippen LogP) is 1.29. The smallest absolute Gasteiger partial charge is 0.327 e. The number of aliphatic imine (C=N–C) groups is 1. The van der Waals surface area contributed by atoms with Crippen LogP contribution in [0.4, 0.5) is 0 Å². The Kier molecular flexibility index (Phi) is 4.34. The van der Waals surface area contributed by atoms with E-state index in [0.717, 1.165) is 11.3 Å². The molecule has 0 saturated heterocycles. The lowest BCUT2D eigenvalue weighted by molar-refractivity contribution is -0.138. The van der Waals surface area contributed by atoms with E-state index in [9.17, 15) is 4.79 Å². The predicted molar refractivity (Wildman–Crippen MR) is 57.5 cm³/mol. The van der Waals surface area contributed by atoms with Gasteiger partial charge in [-0.15, -0.1) is 0 Å². The summed E-state index contributed by atoms with van der Waals surface area (Å²) in [5.74, 6) is 0.444. The highest BCUT2D eigenvalue weighted by Gasteiger charge is 1.95. The van der Waals surface area contributed by atoms with E-state index < -0.39 is 0 Å². The largest absolute Gasteiger partial charge is 0.497 e. The van der Waals surface area contributed by atoms with Crippen LogP contribution in [0.3, 0.4) is 0 Å². The fourth-order valence-electron chi connectivity index (χ4n) is 0.980. The van der Waals surface area contributed by atoms with E-state index in [2.05, 4.69) is 9.73 Å². The maximum atomic E-state index is 10.7. The summed E-state index contributed by atoms with van der Waals surface area (Å²) in [5.41, 5.74) is 0.916. The standard InChI is InChI=1S/C11H13NO3/c1-14-10-5-3-9(4-6-10)7-12-8-11(13)15-2/h3-7H,8H2,1-2H3/b12-7-. The monoisotopic (exact) mass is 207 g/mol. The van der Waals surface area contributed by atoms with E-state index >= 15 is 0 Å². The number of hydrogen-bond donors (Lipinski definition) is 0. The topological polar surface area (TPSA) is 47.9 Å². The van der Waals surface area contributed by atoms with Crippen LogP contribution in [0.5, 0.6) is 5.75 Å². The fourth-order valence-corrected chi connectivity index (χ4v) is 0.980. The number of ether oxygens (including phenoxy) is 2. The number of benzene rings is 1. The Morgan fingerprint density at radius 2 is 2.00 bits per heavy atom. The molecule has 0 atom stereocenters. The lowest BCUT2D eigenvalue weighted by atomic mass is 10.2. The molecule has 0 amide bonds. The molecular weight excluding hydrogens is 194 g/mol. The van der Waals surface area contributed by atoms with Gasteiger partial charge >= 0.3 is 5.97 Å². The zero-order valence-corrected chi connectivity index (χ0v) is 8.77. The van der Waals surface area contributed by atoms with Gasteiger partial charge in [0.25, 0.3) is 0 Å². The maximum Gasteiger partial charge on any atom is 0.327 e. The van der Waals surface area contributed by atoms with Crippen LogP contribution in [0.1, 0.15) is 5.56 Å². The molecule has 1 rings (SSSR count). The first-order valence-corrected chi connectivity index (χ1v) is 4.47. The van der Waals surface area contributed by atoms with Gasteiger partial charge in [-0.2, -0.15) is 0 Å². The highest BCUT2D eigenvalue weighted by molar-refractivity contribution is 5.82. The highest BCUT2D eigenvalue weighted by atomic mass is 16.5. The molecule has 0 fully saturated rings. The van der Waals surface area contributed by atoms with Gasteiger partial charge in [0, 0.05) is 6.21 Å². The molecule has 1 aromatic rings. The van der Waals surface area contributed by atoms with Gasteiger partial charge < -0.3 is 9.47 Å². The van der Waals surface area contributed by atoms with Crippen LogP contribution < -0.4 is 4.74 Å². The Hall–Kier alpha value is -1.84. The van der Waals surface area contributed by atoms with Crippen LogP contribution in [-0.2, 0) is 9.53 Å². The number of hydrogen-bond acceptors (Lipinski definition) is 4. The molecule has 80 valence electrons. The second-order valence-electron chi connectivity index (χ2n) is 2.82. The summed E-state index contributed by atoms with van der Waals surface area (Å²) >= 11 is 0. The third-order valence-corrected chi connectivity index (χ3v) is 1.80. The minimum atomic E-state index is -0.347. The van der Waals surface area contributed by atoms with Gasteiger partial charge in [0.05, 0.1) is 14.2 Å². The van der Waals surface area contributed by atoms with E-state index in [0.29, 0.717) is 0 Å². The molecule has 0 N–H and O–H groups in total. The average molecular weight is 207 g/mol. The van der Waals surface area contributed by atoms with Gasteiger partial charge in [-0.3, -0.25) is 9.79 Å². The van der Waals surface area contributed by atoms with Crippen LogP contribution in [0.2, 0.25) is 0 Å². The molecule has 4 heteroatoms. The van der Waals surface area contributed by atoms with Crippen molar-refractivity contribution in [3.63, 3.8) is 0 Å². The van der Waals surface area contributed by atoms with Crippen LogP contribution in [0, 0.1) is 0 Å². The van der Waals surface area contributed by atoms with Crippen LogP contribution in [0.25, 0.3) is 0 Å². The summed E-state index contributed by atoms with van der Waals surface area (Å²) < 4.78 is 9.46. The molecular formula is C11H13NO3. The van der Waals surface area contributed by atoms with Gasteiger partial charge in [-0.1, -0.05) is 0 Å². The number of methoxy groups -OCH3 is 2. The number of rotatable bonds is 4. The molecule has 0 aromatic heterocycles. The quantitative estimate of drug-likeness (QED) is 0.552. The second-order valence-corrected chi connectivity index (χ2v) is 2.82. The summed E-state index contributed by atoms with van der Waals surface area (Å²) in [6, 6.07) is 7.39. The Labute approximate surface area is 88.5 Å². The molecule has 0 aliphatic heterocycles. The average Bonchev–Trinajstić information content (AvgIpc) is 2.29. The lowest BCUT2D eigenvalue weighted by Crippen LogP contribution is -2.04. The maximum absolute atomic E-state index is 10.7. The lowest BCUT2D eigenvalue weighted by Gasteiger charge is -1.98. The molecule has 0 aliphatic carbocycles. The van der Waals surface area contributed by atoms with Crippen LogP contribution in [0.15, 0.2) is 29.3 Å². The summed E-state index contributed by atoms with van der Waals surface area (Å²) in [4.78, 5) is 14.7.